The molecule has 0 aliphatic carbocycles. The van der Waals surface area contributed by atoms with Gasteiger partial charge in [-0.2, -0.15) is 0 Å². The second kappa shape index (κ2) is 6.18. The van der Waals surface area contributed by atoms with E-state index < -0.39 is 0 Å². The van der Waals surface area contributed by atoms with Crippen molar-refractivity contribution in [3.05, 3.63) is 0 Å². The van der Waals surface area contributed by atoms with E-state index in [1.807, 2.05) is 13.8 Å². The van der Waals surface area contributed by atoms with Crippen molar-refractivity contribution in [2.75, 3.05) is 20.3 Å². The molecule has 1 fully saturated rings. The first-order valence-electron chi connectivity index (χ1n) is 5.75. The van der Waals surface area contributed by atoms with Gasteiger partial charge in [0, 0.05) is 13.7 Å². The van der Waals surface area contributed by atoms with Crippen molar-refractivity contribution in [2.24, 2.45) is 5.92 Å². The Morgan fingerprint density at radius 1 is 1.62 bits per heavy atom. The number of aliphatic hydroxyl groups is 1. The third kappa shape index (κ3) is 3.43. The van der Waals surface area contributed by atoms with Crippen molar-refractivity contribution in [1.29, 1.82) is 0 Å². The lowest BCUT2D eigenvalue weighted by atomic mass is 10.0. The van der Waals surface area contributed by atoms with Gasteiger partial charge in [-0.05, 0) is 12.3 Å². The molecule has 0 radical (unpaired) electrons. The summed E-state index contributed by atoms with van der Waals surface area (Å²) in [6.07, 6.45) is 0.806. The molecule has 3 unspecified atom stereocenters. The van der Waals surface area contributed by atoms with Crippen LogP contribution in [0.1, 0.15) is 20.3 Å². The maximum absolute atomic E-state index is 11.8. The first-order valence-corrected chi connectivity index (χ1v) is 5.75. The number of hydrogen-bond acceptors (Lipinski definition) is 4. The number of rotatable bonds is 5. The van der Waals surface area contributed by atoms with Crippen LogP contribution in [0, 0.1) is 5.92 Å². The highest BCUT2D eigenvalue weighted by Gasteiger charge is 2.30. The second-order valence-corrected chi connectivity index (χ2v) is 4.60. The number of amides is 1. The number of methoxy groups -OCH3 is 1. The van der Waals surface area contributed by atoms with Gasteiger partial charge >= 0.3 is 0 Å². The average molecular weight is 230 g/mol. The maximum atomic E-state index is 11.8. The van der Waals surface area contributed by atoms with Crippen molar-refractivity contribution >= 4 is 5.91 Å². The largest absolute Gasteiger partial charge is 0.394 e. The maximum Gasteiger partial charge on any atom is 0.237 e. The molecule has 0 aromatic rings. The Morgan fingerprint density at radius 3 is 2.75 bits per heavy atom. The Hall–Kier alpha value is -0.650. The monoisotopic (exact) mass is 230 g/mol. The van der Waals surface area contributed by atoms with Gasteiger partial charge in [0.25, 0.3) is 0 Å². The van der Waals surface area contributed by atoms with Gasteiger partial charge in [-0.15, -0.1) is 0 Å². The number of carbonyl (C=O) groups is 1. The fourth-order valence-corrected chi connectivity index (χ4v) is 1.79. The molecule has 3 atom stereocenters. The van der Waals surface area contributed by atoms with Crippen LogP contribution in [0.2, 0.25) is 0 Å². The summed E-state index contributed by atoms with van der Waals surface area (Å²) in [5, 5.41) is 15.1. The highest BCUT2D eigenvalue weighted by Crippen LogP contribution is 2.10. The molecule has 3 N–H and O–H groups in total. The van der Waals surface area contributed by atoms with Gasteiger partial charge in [-0.3, -0.25) is 4.79 Å². The van der Waals surface area contributed by atoms with E-state index in [9.17, 15) is 4.79 Å². The molecule has 94 valence electrons. The zero-order valence-electron chi connectivity index (χ0n) is 10.2. The minimum atomic E-state index is -0.197. The van der Waals surface area contributed by atoms with Crippen molar-refractivity contribution in [3.63, 3.8) is 0 Å². The molecule has 5 nitrogen and oxygen atoms in total. The second-order valence-electron chi connectivity index (χ2n) is 4.60. The molecule has 0 saturated carbocycles. The summed E-state index contributed by atoms with van der Waals surface area (Å²) in [6.45, 7) is 4.63. The fraction of sp³-hybridized carbons (Fsp3) is 0.909. The molecule has 1 rings (SSSR count). The van der Waals surface area contributed by atoms with E-state index in [2.05, 4.69) is 10.6 Å². The molecule has 0 aromatic carbocycles. The van der Waals surface area contributed by atoms with Crippen LogP contribution >= 0.6 is 0 Å². The smallest absolute Gasteiger partial charge is 0.237 e. The lowest BCUT2D eigenvalue weighted by Crippen LogP contribution is -2.48. The summed E-state index contributed by atoms with van der Waals surface area (Å²) in [5.41, 5.74) is 0. The van der Waals surface area contributed by atoms with E-state index in [0.29, 0.717) is 13.0 Å². The first kappa shape index (κ1) is 13.4. The van der Waals surface area contributed by atoms with Gasteiger partial charge < -0.3 is 20.5 Å². The normalized spacial score (nSPS) is 27.1. The van der Waals surface area contributed by atoms with Crippen LogP contribution in [-0.2, 0) is 9.53 Å². The first-order chi connectivity index (χ1) is 7.58. The highest BCUT2D eigenvalue weighted by molar-refractivity contribution is 5.82. The number of hydrogen-bond donors (Lipinski definition) is 3. The van der Waals surface area contributed by atoms with Crippen molar-refractivity contribution in [1.82, 2.24) is 10.6 Å². The summed E-state index contributed by atoms with van der Waals surface area (Å²) in [4.78, 5) is 11.8. The number of nitrogens with one attached hydrogen (secondary N) is 2. The van der Waals surface area contributed by atoms with Gasteiger partial charge in [0.1, 0.15) is 0 Å². The lowest BCUT2D eigenvalue weighted by Gasteiger charge is -2.22. The summed E-state index contributed by atoms with van der Waals surface area (Å²) in [7, 11) is 1.65. The third-order valence-electron chi connectivity index (χ3n) is 3.07. The molecule has 16 heavy (non-hydrogen) atoms. The van der Waals surface area contributed by atoms with E-state index >= 15 is 0 Å². The Morgan fingerprint density at radius 2 is 2.31 bits per heavy atom. The van der Waals surface area contributed by atoms with Crippen LogP contribution in [-0.4, -0.2) is 49.5 Å². The van der Waals surface area contributed by atoms with Crippen molar-refractivity contribution < 1.29 is 14.6 Å². The highest BCUT2D eigenvalue weighted by atomic mass is 16.5. The van der Waals surface area contributed by atoms with Gasteiger partial charge in [-0.1, -0.05) is 13.8 Å². The summed E-state index contributed by atoms with van der Waals surface area (Å²) < 4.78 is 5.18. The molecular weight excluding hydrogens is 208 g/mol. The molecule has 1 amide bonds. The van der Waals surface area contributed by atoms with Gasteiger partial charge in [-0.25, -0.2) is 0 Å². The van der Waals surface area contributed by atoms with Crippen molar-refractivity contribution in [2.45, 2.75) is 38.5 Å². The number of carbonyl (C=O) groups excluding carboxylic acids is 1. The van der Waals surface area contributed by atoms with Gasteiger partial charge in [0.2, 0.25) is 5.91 Å². The Labute approximate surface area is 96.6 Å². The standard InChI is InChI=1S/C11H22N2O3/c1-7(2)10(6-14)13-11(15)9-4-8(16-3)5-12-9/h7-10,12,14H,4-6H2,1-3H3,(H,13,15). The molecule has 5 heteroatoms. The summed E-state index contributed by atoms with van der Waals surface area (Å²) in [5.74, 6) is 0.181. The average Bonchev–Trinajstić information content (AvgIpc) is 2.73. The fourth-order valence-electron chi connectivity index (χ4n) is 1.79. The van der Waals surface area contributed by atoms with E-state index in [0.717, 1.165) is 0 Å². The summed E-state index contributed by atoms with van der Waals surface area (Å²) >= 11 is 0. The molecule has 0 aromatic heterocycles. The van der Waals surface area contributed by atoms with Crippen LogP contribution in [0.5, 0.6) is 0 Å². The van der Waals surface area contributed by atoms with E-state index in [-0.39, 0.29) is 36.6 Å². The number of aliphatic hydroxyl groups excluding tert-OH is 1. The van der Waals surface area contributed by atoms with E-state index in [1.165, 1.54) is 0 Å². The van der Waals surface area contributed by atoms with Crippen LogP contribution < -0.4 is 10.6 Å². The van der Waals surface area contributed by atoms with Crippen molar-refractivity contribution in [3.8, 4) is 0 Å². The topological polar surface area (TPSA) is 70.6 Å². The third-order valence-corrected chi connectivity index (χ3v) is 3.07. The molecule has 0 spiro atoms. The molecule has 1 aliphatic rings. The van der Waals surface area contributed by atoms with Gasteiger partial charge in [0.05, 0.1) is 24.8 Å². The zero-order chi connectivity index (χ0) is 12.1. The summed E-state index contributed by atoms with van der Waals surface area (Å²) in [6, 6.07) is -0.367. The number of ether oxygens (including phenoxy) is 1. The SMILES string of the molecule is COC1CNC(C(=O)NC(CO)C(C)C)C1. The zero-order valence-corrected chi connectivity index (χ0v) is 10.2. The van der Waals surface area contributed by atoms with E-state index in [1.54, 1.807) is 7.11 Å². The predicted molar refractivity (Wildman–Crippen MR) is 61.1 cm³/mol. The lowest BCUT2D eigenvalue weighted by molar-refractivity contribution is -0.124. The Bertz CT molecular complexity index is 233. The van der Waals surface area contributed by atoms with Gasteiger partial charge in [0.15, 0.2) is 0 Å². The Kier molecular flexibility index (Phi) is 5.18. The van der Waals surface area contributed by atoms with Crippen LogP contribution in [0.25, 0.3) is 0 Å². The van der Waals surface area contributed by atoms with Crippen LogP contribution in [0.4, 0.5) is 0 Å². The predicted octanol–water partition coefficient (Wildman–Crippen LogP) is -0.504. The molecular formula is C11H22N2O3. The van der Waals surface area contributed by atoms with E-state index in [4.69, 9.17) is 9.84 Å². The van der Waals surface area contributed by atoms with Crippen LogP contribution in [0.3, 0.4) is 0 Å². The molecule has 1 aliphatic heterocycles. The minimum Gasteiger partial charge on any atom is -0.394 e. The molecule has 0 bridgehead atoms. The quantitative estimate of drug-likeness (QED) is 0.595. The van der Waals surface area contributed by atoms with Crippen LogP contribution in [0.15, 0.2) is 0 Å². The minimum absolute atomic E-state index is 0.0240. The molecule has 1 saturated heterocycles. The molecule has 1 heterocycles. The Balaban J connectivity index is 2.40.